The average Bonchev–Trinajstić information content (AvgIpc) is 3.65. The van der Waals surface area contributed by atoms with E-state index in [9.17, 15) is 9.59 Å². The van der Waals surface area contributed by atoms with Crippen LogP contribution in [0, 0.1) is 6.92 Å². The highest BCUT2D eigenvalue weighted by molar-refractivity contribution is 6.42. The number of aromatic amines is 1. The largest absolute Gasteiger partial charge is 0.498 e. The zero-order valence-electron chi connectivity index (χ0n) is 19.9. The van der Waals surface area contributed by atoms with Gasteiger partial charge in [0, 0.05) is 24.8 Å². The fourth-order valence-corrected chi connectivity index (χ4v) is 4.77. The monoisotopic (exact) mass is 484 g/mol. The second-order valence-electron chi connectivity index (χ2n) is 8.66. The number of amides is 1. The number of methoxy groups -OCH3 is 1. The molecule has 0 saturated heterocycles. The predicted octanol–water partition coefficient (Wildman–Crippen LogP) is -0.0250. The number of Topliss-reactive ketones (excluding diaryl/α,β-unsaturated/α-hetero) is 1. The first-order valence-corrected chi connectivity index (χ1v) is 11.6. The highest BCUT2D eigenvalue weighted by Crippen LogP contribution is 2.23. The summed E-state index contributed by atoms with van der Waals surface area (Å²) in [4.78, 5) is 40.3. The number of imidazole rings is 1. The molecular formula is C25H24N8O3. The van der Waals surface area contributed by atoms with Crippen molar-refractivity contribution in [2.45, 2.75) is 20.0 Å². The molecule has 0 fully saturated rings. The van der Waals surface area contributed by atoms with Gasteiger partial charge in [-0.15, -0.1) is 0 Å². The lowest BCUT2D eigenvalue weighted by Crippen LogP contribution is -2.47. The Kier molecular flexibility index (Phi) is 5.17. The molecule has 2 N–H and O–H groups in total. The van der Waals surface area contributed by atoms with Crippen molar-refractivity contribution in [1.82, 2.24) is 39.5 Å². The van der Waals surface area contributed by atoms with E-state index in [0.29, 0.717) is 54.2 Å². The summed E-state index contributed by atoms with van der Waals surface area (Å²) in [5.41, 5.74) is 2.18. The van der Waals surface area contributed by atoms with Crippen molar-refractivity contribution in [3.63, 3.8) is 0 Å². The van der Waals surface area contributed by atoms with Crippen LogP contribution in [-0.2, 0) is 22.6 Å². The lowest BCUT2D eigenvalue weighted by molar-refractivity contribution is -0.127. The number of ether oxygens (including phenoxy) is 1. The van der Waals surface area contributed by atoms with E-state index in [1.165, 1.54) is 0 Å². The van der Waals surface area contributed by atoms with E-state index in [1.807, 2.05) is 30.3 Å². The van der Waals surface area contributed by atoms with Crippen LogP contribution in [0.2, 0.25) is 0 Å². The molecule has 0 spiro atoms. The van der Waals surface area contributed by atoms with Crippen molar-refractivity contribution in [3.8, 4) is 11.4 Å². The molecule has 0 aliphatic carbocycles. The number of nitrogens with one attached hydrogen (secondary N) is 2. The number of hydrogen-bond donors (Lipinski definition) is 2. The van der Waals surface area contributed by atoms with Crippen LogP contribution >= 0.6 is 0 Å². The van der Waals surface area contributed by atoms with E-state index in [4.69, 9.17) is 4.74 Å². The topological polar surface area (TPSA) is 123 Å². The van der Waals surface area contributed by atoms with E-state index >= 15 is 0 Å². The van der Waals surface area contributed by atoms with Crippen LogP contribution in [0.5, 0.6) is 0 Å². The Morgan fingerprint density at radius 3 is 2.69 bits per heavy atom. The van der Waals surface area contributed by atoms with Gasteiger partial charge in [-0.25, -0.2) is 14.6 Å². The van der Waals surface area contributed by atoms with E-state index < -0.39 is 11.7 Å². The second kappa shape index (κ2) is 8.52. The summed E-state index contributed by atoms with van der Waals surface area (Å²) in [7, 11) is 1.55. The number of fused-ring (bicyclic) bond motifs is 2. The van der Waals surface area contributed by atoms with Crippen LogP contribution < -0.4 is 15.9 Å². The van der Waals surface area contributed by atoms with E-state index in [2.05, 4.69) is 29.9 Å². The van der Waals surface area contributed by atoms with Gasteiger partial charge in [-0.2, -0.15) is 5.10 Å². The minimum atomic E-state index is -0.589. The first kappa shape index (κ1) is 21.8. The molecule has 1 amide bonds. The van der Waals surface area contributed by atoms with Gasteiger partial charge in [0.25, 0.3) is 11.7 Å². The Morgan fingerprint density at radius 2 is 1.94 bits per heavy atom. The van der Waals surface area contributed by atoms with Crippen molar-refractivity contribution in [2.75, 3.05) is 20.2 Å². The molecule has 0 bridgehead atoms. The molecule has 5 heterocycles. The maximum Gasteiger partial charge on any atom is 0.295 e. The van der Waals surface area contributed by atoms with Gasteiger partial charge in [0.1, 0.15) is 23.7 Å². The van der Waals surface area contributed by atoms with Gasteiger partial charge in [0.05, 0.1) is 48.2 Å². The highest BCUT2D eigenvalue weighted by atomic mass is 16.5. The zero-order valence-corrected chi connectivity index (χ0v) is 19.9. The van der Waals surface area contributed by atoms with Crippen molar-refractivity contribution in [1.29, 1.82) is 0 Å². The fourth-order valence-electron chi connectivity index (χ4n) is 4.77. The lowest BCUT2D eigenvalue weighted by atomic mass is 10.1. The first-order chi connectivity index (χ1) is 17.5. The Balaban J connectivity index is 1.32. The van der Waals surface area contributed by atoms with E-state index in [0.717, 1.165) is 17.1 Å². The number of rotatable bonds is 5. The highest BCUT2D eigenvalue weighted by Gasteiger charge is 2.31. The minimum absolute atomic E-state index is 0.270. The Hall–Kier alpha value is -4.67. The number of nitrogens with zero attached hydrogens (tertiary/aromatic N) is 6. The molecule has 2 aliphatic rings. The van der Waals surface area contributed by atoms with Gasteiger partial charge < -0.3 is 24.5 Å². The third-order valence-electron chi connectivity index (χ3n) is 6.54. The summed E-state index contributed by atoms with van der Waals surface area (Å²) in [6, 6.07) is 9.93. The molecule has 0 unspecified atom stereocenters. The zero-order chi connectivity index (χ0) is 24.8. The standard InChI is InChI=1S/C25H24N8O3/c1-15-29-14-33(30-15)24-21-20(19(36-2)12-28-24)18(11-26-21)22(34)25(35)31-8-9-32-17(13-31)10-27-23(32)16-6-4-3-5-7-16/h3-7,10-11,14,26,28H,8-9,12-13H2,1-2H3. The third kappa shape index (κ3) is 3.47. The fraction of sp³-hybridized carbons (Fsp3) is 0.240. The Labute approximate surface area is 205 Å². The van der Waals surface area contributed by atoms with Gasteiger partial charge in [-0.05, 0) is 6.92 Å². The molecule has 0 atom stereocenters. The maximum absolute atomic E-state index is 13.5. The van der Waals surface area contributed by atoms with Crippen LogP contribution in [0.25, 0.3) is 23.0 Å². The van der Waals surface area contributed by atoms with Crippen molar-refractivity contribution in [3.05, 3.63) is 76.7 Å². The molecule has 0 saturated carbocycles. The van der Waals surface area contributed by atoms with Gasteiger partial charge in [-0.1, -0.05) is 30.3 Å². The summed E-state index contributed by atoms with van der Waals surface area (Å²) in [6.07, 6.45) is 4.92. The molecule has 36 heavy (non-hydrogen) atoms. The number of ketones is 1. The quantitative estimate of drug-likeness (QED) is 0.301. The summed E-state index contributed by atoms with van der Waals surface area (Å²) in [5, 5.41) is 8.78. The lowest BCUT2D eigenvalue weighted by Gasteiger charge is -2.28. The number of benzene rings is 1. The van der Waals surface area contributed by atoms with Crippen LogP contribution in [0.4, 0.5) is 0 Å². The average molecular weight is 485 g/mol. The van der Waals surface area contributed by atoms with Gasteiger partial charge in [0.15, 0.2) is 5.82 Å². The molecule has 182 valence electrons. The number of aryl methyl sites for hydroxylation is 1. The van der Waals surface area contributed by atoms with Crippen molar-refractivity contribution >= 4 is 23.3 Å². The predicted molar refractivity (Wildman–Crippen MR) is 129 cm³/mol. The SMILES string of the molecule is COC1=c2c(C(=O)C(=O)N3CCn4c(cnc4-c4ccccc4)C3)c[nH]c2=C(n2cnc(C)n2)NC1. The Bertz CT molecular complexity index is 1610. The number of aromatic nitrogens is 6. The summed E-state index contributed by atoms with van der Waals surface area (Å²) < 4.78 is 9.26. The van der Waals surface area contributed by atoms with Crippen LogP contribution in [-0.4, -0.2) is 66.1 Å². The molecule has 2 aliphatic heterocycles. The summed E-state index contributed by atoms with van der Waals surface area (Å²) in [6.45, 7) is 3.43. The van der Waals surface area contributed by atoms with Gasteiger partial charge in [0.2, 0.25) is 0 Å². The number of carbonyl (C=O) groups excluding carboxylic acids is 2. The van der Waals surface area contributed by atoms with Crippen LogP contribution in [0.3, 0.4) is 0 Å². The number of hydrogen-bond acceptors (Lipinski definition) is 7. The van der Waals surface area contributed by atoms with Crippen LogP contribution in [0.15, 0.2) is 49.1 Å². The Morgan fingerprint density at radius 1 is 1.11 bits per heavy atom. The van der Waals surface area contributed by atoms with Gasteiger partial charge >= 0.3 is 0 Å². The second-order valence-corrected chi connectivity index (χ2v) is 8.66. The molecule has 1 aromatic carbocycles. The minimum Gasteiger partial charge on any atom is -0.498 e. The third-order valence-corrected chi connectivity index (χ3v) is 6.54. The normalized spacial score (nSPS) is 14.8. The molecular weight excluding hydrogens is 460 g/mol. The van der Waals surface area contributed by atoms with E-state index in [1.54, 1.807) is 42.3 Å². The summed E-state index contributed by atoms with van der Waals surface area (Å²) in [5.74, 6) is 1.53. The maximum atomic E-state index is 13.5. The van der Waals surface area contributed by atoms with Crippen molar-refractivity contribution in [2.24, 2.45) is 0 Å². The smallest absolute Gasteiger partial charge is 0.295 e. The first-order valence-electron chi connectivity index (χ1n) is 11.6. The van der Waals surface area contributed by atoms with Crippen molar-refractivity contribution < 1.29 is 14.3 Å². The molecule has 11 heteroatoms. The van der Waals surface area contributed by atoms with E-state index in [-0.39, 0.29) is 5.56 Å². The van der Waals surface area contributed by atoms with Crippen LogP contribution in [0.1, 0.15) is 21.9 Å². The molecule has 11 nitrogen and oxygen atoms in total. The summed E-state index contributed by atoms with van der Waals surface area (Å²) >= 11 is 0. The number of carbonyl (C=O) groups is 2. The number of H-pyrrole nitrogens is 1. The molecule has 0 radical (unpaired) electrons. The molecule has 4 aromatic rings. The van der Waals surface area contributed by atoms with Gasteiger partial charge in [-0.3, -0.25) is 9.59 Å². The molecule has 3 aromatic heterocycles. The molecule has 6 rings (SSSR count).